The number of benzene rings is 1. The van der Waals surface area contributed by atoms with Gasteiger partial charge >= 0.3 is 5.97 Å². The van der Waals surface area contributed by atoms with Gasteiger partial charge in [-0.25, -0.2) is 9.78 Å². The zero-order valence-electron chi connectivity index (χ0n) is 11.6. The average molecular weight is 386 g/mol. The maximum Gasteiger partial charge on any atom is 0.342 e. The van der Waals surface area contributed by atoms with E-state index in [1.165, 1.54) is 19.3 Å². The lowest BCUT2D eigenvalue weighted by Crippen LogP contribution is -1.97. The number of hydrogen-bond acceptors (Lipinski definition) is 6. The number of halogens is 1. The minimum absolute atomic E-state index is 0.0404. The number of phenolic OH excluding ortho intramolecular Hbond substituents is 1. The van der Waals surface area contributed by atoms with E-state index in [4.69, 9.17) is 4.74 Å². The summed E-state index contributed by atoms with van der Waals surface area (Å²) in [6.07, 6.45) is 1.45. The van der Waals surface area contributed by atoms with Gasteiger partial charge in [-0.3, -0.25) is 5.10 Å². The van der Waals surface area contributed by atoms with E-state index in [1.807, 2.05) is 0 Å². The minimum atomic E-state index is -1.10. The number of H-pyrrole nitrogens is 1. The van der Waals surface area contributed by atoms with Crippen molar-refractivity contribution >= 4 is 39.7 Å². The number of methoxy groups -OCH3 is 1. The van der Waals surface area contributed by atoms with E-state index >= 15 is 0 Å². The van der Waals surface area contributed by atoms with Crippen LogP contribution in [0, 0.1) is 6.92 Å². The molecule has 0 radical (unpaired) electrons. The molecule has 1 aromatic heterocycles. The van der Waals surface area contributed by atoms with Gasteiger partial charge in [0.1, 0.15) is 10.7 Å². The first-order valence-corrected chi connectivity index (χ1v) is 7.60. The Bertz CT molecular complexity index is 745. The highest BCUT2D eigenvalue weighted by Gasteiger charge is 2.14. The van der Waals surface area contributed by atoms with Crippen molar-refractivity contribution in [3.8, 4) is 11.5 Å². The number of carboxylic acid groups (broad SMARTS) is 1. The Hall–Kier alpha value is -2.00. The molecule has 0 saturated carbocycles. The number of aliphatic carboxylic acids is 1. The molecular formula is C13H12BrN3O4S. The van der Waals surface area contributed by atoms with Gasteiger partial charge in [0, 0.05) is 0 Å². The number of carboxylic acids is 1. The molecule has 3 N–H and O–H groups in total. The minimum Gasteiger partial charge on any atom is -0.503 e. The van der Waals surface area contributed by atoms with E-state index < -0.39 is 5.97 Å². The van der Waals surface area contributed by atoms with Crippen LogP contribution in [0.5, 0.6) is 11.5 Å². The fourth-order valence-electron chi connectivity index (χ4n) is 1.59. The average Bonchev–Trinajstić information content (AvgIpc) is 2.87. The molecule has 22 heavy (non-hydrogen) atoms. The van der Waals surface area contributed by atoms with Gasteiger partial charge in [-0.2, -0.15) is 0 Å². The maximum absolute atomic E-state index is 11.4. The van der Waals surface area contributed by atoms with Gasteiger partial charge in [0.15, 0.2) is 11.5 Å². The summed E-state index contributed by atoms with van der Waals surface area (Å²) >= 11 is 4.12. The lowest BCUT2D eigenvalue weighted by molar-refractivity contribution is -0.131. The molecule has 0 unspecified atom stereocenters. The number of thioether (sulfide) groups is 1. The van der Waals surface area contributed by atoms with Gasteiger partial charge in [-0.05, 0) is 58.4 Å². The van der Waals surface area contributed by atoms with Crippen LogP contribution in [-0.4, -0.2) is 38.5 Å². The summed E-state index contributed by atoms with van der Waals surface area (Å²) in [6, 6.07) is 3.12. The second-order valence-electron chi connectivity index (χ2n) is 4.17. The zero-order valence-corrected chi connectivity index (χ0v) is 14.0. The number of aromatic amines is 1. The molecule has 0 fully saturated rings. The Balaban J connectivity index is 2.38. The van der Waals surface area contributed by atoms with E-state index in [0.717, 1.165) is 11.8 Å². The van der Waals surface area contributed by atoms with Crippen LogP contribution in [0.25, 0.3) is 6.08 Å². The second-order valence-corrected chi connectivity index (χ2v) is 6.04. The molecular weight excluding hydrogens is 374 g/mol. The molecule has 0 aliphatic rings. The largest absolute Gasteiger partial charge is 0.503 e. The Morgan fingerprint density at radius 2 is 2.23 bits per heavy atom. The SMILES string of the molecule is COc1cc(C=C(Sc2n[nH]c(C)n2)C(=O)O)cc(Br)c1O. The van der Waals surface area contributed by atoms with Crippen LogP contribution >= 0.6 is 27.7 Å². The first-order valence-electron chi connectivity index (χ1n) is 5.99. The highest BCUT2D eigenvalue weighted by atomic mass is 79.9. The Morgan fingerprint density at radius 3 is 2.77 bits per heavy atom. The predicted molar refractivity (Wildman–Crippen MR) is 84.9 cm³/mol. The fraction of sp³-hybridized carbons (Fsp3) is 0.154. The molecule has 7 nitrogen and oxygen atoms in total. The van der Waals surface area contributed by atoms with E-state index in [-0.39, 0.29) is 16.4 Å². The third kappa shape index (κ3) is 3.80. The summed E-state index contributed by atoms with van der Waals surface area (Å²) in [6.45, 7) is 1.73. The monoisotopic (exact) mass is 385 g/mol. The van der Waals surface area contributed by atoms with Crippen LogP contribution in [0.1, 0.15) is 11.4 Å². The molecule has 9 heteroatoms. The van der Waals surface area contributed by atoms with Crippen LogP contribution in [0.4, 0.5) is 0 Å². The molecule has 0 bridgehead atoms. The van der Waals surface area contributed by atoms with Crippen LogP contribution in [0.2, 0.25) is 0 Å². The number of nitrogens with one attached hydrogen (secondary N) is 1. The molecule has 2 rings (SSSR count). The Morgan fingerprint density at radius 1 is 1.50 bits per heavy atom. The standard InChI is InChI=1S/C13H12BrN3O4S/c1-6-15-13(17-16-6)22-10(12(19)20)5-7-3-8(14)11(18)9(4-7)21-2/h3-5,18H,1-2H3,(H,19,20)(H,15,16,17). The number of phenols is 1. The van der Waals surface area contributed by atoms with Gasteiger partial charge < -0.3 is 14.9 Å². The molecule has 0 saturated heterocycles. The van der Waals surface area contributed by atoms with Gasteiger partial charge in [-0.15, -0.1) is 5.10 Å². The smallest absolute Gasteiger partial charge is 0.342 e. The normalized spacial score (nSPS) is 11.5. The first kappa shape index (κ1) is 16.4. The number of aromatic nitrogens is 3. The van der Waals surface area contributed by atoms with Gasteiger partial charge in [-0.1, -0.05) is 0 Å². The number of aromatic hydroxyl groups is 1. The van der Waals surface area contributed by atoms with Gasteiger partial charge in [0.2, 0.25) is 5.16 Å². The van der Waals surface area contributed by atoms with Crippen LogP contribution in [0.15, 0.2) is 26.7 Å². The zero-order chi connectivity index (χ0) is 16.3. The predicted octanol–water partition coefficient (Wildman–Crippen LogP) is 2.81. The van der Waals surface area contributed by atoms with Crippen molar-refractivity contribution in [1.82, 2.24) is 15.2 Å². The number of carbonyl (C=O) groups is 1. The lowest BCUT2D eigenvalue weighted by Gasteiger charge is -2.07. The molecule has 2 aromatic rings. The number of nitrogens with zero attached hydrogens (tertiary/aromatic N) is 2. The Labute approximate surface area is 138 Å². The van der Waals surface area contributed by atoms with Crippen molar-refractivity contribution in [2.24, 2.45) is 0 Å². The lowest BCUT2D eigenvalue weighted by atomic mass is 10.2. The summed E-state index contributed by atoms with van der Waals surface area (Å²) in [7, 11) is 1.41. The summed E-state index contributed by atoms with van der Waals surface area (Å²) in [5.74, 6) is -0.310. The summed E-state index contributed by atoms with van der Waals surface area (Å²) < 4.78 is 5.44. The molecule has 0 aliphatic carbocycles. The molecule has 0 atom stereocenters. The Kier molecular flexibility index (Phi) is 5.09. The van der Waals surface area contributed by atoms with Crippen molar-refractivity contribution in [3.63, 3.8) is 0 Å². The number of ether oxygens (including phenoxy) is 1. The summed E-state index contributed by atoms with van der Waals surface area (Å²) in [5, 5.41) is 25.9. The van der Waals surface area contributed by atoms with Crippen molar-refractivity contribution in [3.05, 3.63) is 32.9 Å². The van der Waals surface area contributed by atoms with E-state index in [0.29, 0.717) is 21.0 Å². The fourth-order valence-corrected chi connectivity index (χ4v) is 2.80. The quantitative estimate of drug-likeness (QED) is 0.536. The van der Waals surface area contributed by atoms with E-state index in [9.17, 15) is 15.0 Å². The summed E-state index contributed by atoms with van der Waals surface area (Å²) in [5.41, 5.74) is 0.554. The molecule has 1 aromatic carbocycles. The van der Waals surface area contributed by atoms with Crippen LogP contribution in [0.3, 0.4) is 0 Å². The first-order chi connectivity index (χ1) is 10.4. The molecule has 0 amide bonds. The van der Waals surface area contributed by atoms with Crippen molar-refractivity contribution in [2.45, 2.75) is 12.1 Å². The van der Waals surface area contributed by atoms with Crippen LogP contribution in [-0.2, 0) is 4.79 Å². The molecule has 0 aliphatic heterocycles. The number of rotatable bonds is 5. The van der Waals surface area contributed by atoms with Crippen molar-refractivity contribution in [1.29, 1.82) is 0 Å². The highest BCUT2D eigenvalue weighted by molar-refractivity contribution is 9.10. The van der Waals surface area contributed by atoms with Crippen molar-refractivity contribution < 1.29 is 19.7 Å². The van der Waals surface area contributed by atoms with Gasteiger partial charge in [0.25, 0.3) is 0 Å². The molecule has 0 spiro atoms. The van der Waals surface area contributed by atoms with E-state index in [2.05, 4.69) is 31.1 Å². The van der Waals surface area contributed by atoms with Crippen LogP contribution < -0.4 is 4.74 Å². The number of hydrogen-bond donors (Lipinski definition) is 3. The molecule has 116 valence electrons. The molecule has 1 heterocycles. The maximum atomic E-state index is 11.4. The van der Waals surface area contributed by atoms with E-state index in [1.54, 1.807) is 13.0 Å². The van der Waals surface area contributed by atoms with Gasteiger partial charge in [0.05, 0.1) is 11.6 Å². The number of aryl methyl sites for hydroxylation is 1. The highest BCUT2D eigenvalue weighted by Crippen LogP contribution is 2.36. The summed E-state index contributed by atoms with van der Waals surface area (Å²) in [4.78, 5) is 15.5. The topological polar surface area (TPSA) is 108 Å². The third-order valence-electron chi connectivity index (χ3n) is 2.56. The second kappa shape index (κ2) is 6.84. The third-order valence-corrected chi connectivity index (χ3v) is 4.04. The van der Waals surface area contributed by atoms with Crippen molar-refractivity contribution in [2.75, 3.05) is 7.11 Å².